The van der Waals surface area contributed by atoms with Crippen molar-refractivity contribution in [2.45, 2.75) is 48.2 Å². The zero-order valence-electron chi connectivity index (χ0n) is 9.10. The second-order valence-corrected chi connectivity index (χ2v) is 15.4. The van der Waals surface area contributed by atoms with Crippen LogP contribution in [0.5, 0.6) is 0 Å². The summed E-state index contributed by atoms with van der Waals surface area (Å²) in [5.74, 6) is 0. The van der Waals surface area contributed by atoms with Gasteiger partial charge in [0.15, 0.2) is 0 Å². The van der Waals surface area contributed by atoms with E-state index < -0.39 is 13.3 Å². The Morgan fingerprint density at radius 3 is 2.08 bits per heavy atom. The van der Waals surface area contributed by atoms with Crippen molar-refractivity contribution in [2.75, 3.05) is 6.54 Å². The Balaban J connectivity index is 3.87. The molecule has 0 fully saturated rings. The van der Waals surface area contributed by atoms with Crippen molar-refractivity contribution in [1.29, 1.82) is 0 Å². The van der Waals surface area contributed by atoms with Gasteiger partial charge in [0.2, 0.25) is 0 Å². The molecule has 0 aliphatic heterocycles. The summed E-state index contributed by atoms with van der Waals surface area (Å²) >= 11 is -1.46. The molecular weight excluding hydrogens is 223 g/mol. The summed E-state index contributed by atoms with van der Waals surface area (Å²) in [6.07, 6.45) is 2.71. The third kappa shape index (κ3) is 4.63. The molecule has 0 aromatic carbocycles. The van der Waals surface area contributed by atoms with E-state index in [9.17, 15) is 4.79 Å². The van der Waals surface area contributed by atoms with E-state index in [0.29, 0.717) is 6.54 Å². The molecule has 0 N–H and O–H groups in total. The van der Waals surface area contributed by atoms with Crippen LogP contribution in [-0.4, -0.2) is 25.9 Å². The van der Waals surface area contributed by atoms with Gasteiger partial charge in [-0.15, -0.1) is 0 Å². The molecule has 13 heavy (non-hydrogen) atoms. The fourth-order valence-electron chi connectivity index (χ4n) is 1.86. The Hall–Kier alpha value is -0.0771. The van der Waals surface area contributed by atoms with Crippen LogP contribution in [-0.2, 0) is 4.79 Å². The molecule has 0 amide bonds. The Morgan fingerprint density at radius 2 is 1.69 bits per heavy atom. The summed E-state index contributed by atoms with van der Waals surface area (Å²) in [5, 5.41) is 5.61. The molecule has 0 heterocycles. The van der Waals surface area contributed by atoms with Crippen LogP contribution in [0, 0.1) is 0 Å². The number of hydrogen-bond acceptors (Lipinski definition) is 2. The summed E-state index contributed by atoms with van der Waals surface area (Å²) in [5.41, 5.74) is 0. The van der Waals surface area contributed by atoms with Gasteiger partial charge in [-0.2, -0.15) is 0 Å². The van der Waals surface area contributed by atoms with Crippen LogP contribution in [0.4, 0.5) is 0 Å². The van der Waals surface area contributed by atoms with Gasteiger partial charge in [-0.1, -0.05) is 0 Å². The molecule has 0 atom stereocenters. The minimum absolute atomic E-state index is 0.691. The van der Waals surface area contributed by atoms with E-state index in [2.05, 4.69) is 25.8 Å². The quantitative estimate of drug-likeness (QED) is 0.292. The SMILES string of the molecule is C[CH2][Ge]([CH2]C)([CH2]C)[CH2]CCN=C=O. The van der Waals surface area contributed by atoms with Gasteiger partial charge in [0.1, 0.15) is 0 Å². The van der Waals surface area contributed by atoms with Gasteiger partial charge in [-0.3, -0.25) is 0 Å². The van der Waals surface area contributed by atoms with Crippen LogP contribution in [0.25, 0.3) is 0 Å². The monoisotopic (exact) mass is 245 g/mol. The fourth-order valence-corrected chi connectivity index (χ4v) is 9.14. The molecule has 76 valence electrons. The van der Waals surface area contributed by atoms with Crippen molar-refractivity contribution in [1.82, 2.24) is 0 Å². The summed E-state index contributed by atoms with van der Waals surface area (Å²) in [4.78, 5) is 13.5. The normalized spacial score (nSPS) is 11.0. The predicted octanol–water partition coefficient (Wildman–Crippen LogP) is 3.22. The Morgan fingerprint density at radius 1 is 1.15 bits per heavy atom. The molecule has 2 nitrogen and oxygen atoms in total. The van der Waals surface area contributed by atoms with Gasteiger partial charge in [0.05, 0.1) is 0 Å². The number of carbonyl (C=O) groups excluding carboxylic acids is 1. The molecule has 0 radical (unpaired) electrons. The number of isocyanates is 1. The average molecular weight is 244 g/mol. The number of hydrogen-bond donors (Lipinski definition) is 0. The van der Waals surface area contributed by atoms with Crippen LogP contribution in [0.3, 0.4) is 0 Å². The summed E-state index contributed by atoms with van der Waals surface area (Å²) in [7, 11) is 0. The van der Waals surface area contributed by atoms with Crippen LogP contribution >= 0.6 is 0 Å². The summed E-state index contributed by atoms with van der Waals surface area (Å²) < 4.78 is 0. The van der Waals surface area contributed by atoms with Gasteiger partial charge in [-0.25, -0.2) is 0 Å². The first-order valence-corrected chi connectivity index (χ1v) is 11.2. The van der Waals surface area contributed by atoms with E-state index in [-0.39, 0.29) is 0 Å². The summed E-state index contributed by atoms with van der Waals surface area (Å²) in [6.45, 7) is 7.68. The van der Waals surface area contributed by atoms with Crippen LogP contribution in [0.15, 0.2) is 4.99 Å². The molecule has 0 bridgehead atoms. The van der Waals surface area contributed by atoms with Gasteiger partial charge in [-0.05, 0) is 0 Å². The van der Waals surface area contributed by atoms with E-state index in [1.54, 1.807) is 6.08 Å². The Kier molecular flexibility index (Phi) is 7.29. The van der Waals surface area contributed by atoms with Crippen LogP contribution in [0.1, 0.15) is 27.2 Å². The van der Waals surface area contributed by atoms with Crippen molar-refractivity contribution in [3.8, 4) is 0 Å². The number of aliphatic imine (C=N–C) groups is 1. The fraction of sp³-hybridized carbons (Fsp3) is 0.900. The third-order valence-electron chi connectivity index (χ3n) is 3.29. The van der Waals surface area contributed by atoms with E-state index in [1.165, 1.54) is 21.0 Å². The zero-order valence-corrected chi connectivity index (χ0v) is 11.2. The molecule has 0 unspecified atom stereocenters. The topological polar surface area (TPSA) is 29.4 Å². The van der Waals surface area contributed by atoms with E-state index >= 15 is 0 Å². The van der Waals surface area contributed by atoms with Crippen molar-refractivity contribution in [2.24, 2.45) is 4.99 Å². The van der Waals surface area contributed by atoms with E-state index in [1.807, 2.05) is 0 Å². The van der Waals surface area contributed by atoms with Gasteiger partial charge in [0, 0.05) is 0 Å². The molecule has 0 spiro atoms. The first-order valence-electron chi connectivity index (χ1n) is 5.28. The van der Waals surface area contributed by atoms with Gasteiger partial charge < -0.3 is 0 Å². The number of nitrogens with zero attached hydrogens (tertiary/aromatic N) is 1. The van der Waals surface area contributed by atoms with Gasteiger partial charge in [0.25, 0.3) is 0 Å². The molecule has 0 rings (SSSR count). The molecule has 0 saturated heterocycles. The van der Waals surface area contributed by atoms with Crippen LogP contribution < -0.4 is 0 Å². The molecule has 0 saturated carbocycles. The summed E-state index contributed by atoms with van der Waals surface area (Å²) in [6, 6.07) is 0. The first-order chi connectivity index (χ1) is 6.24. The molecule has 0 aliphatic rings. The van der Waals surface area contributed by atoms with Crippen LogP contribution in [0.2, 0.25) is 21.0 Å². The second-order valence-electron chi connectivity index (χ2n) is 3.64. The average Bonchev–Trinajstić information content (AvgIpc) is 2.20. The van der Waals surface area contributed by atoms with Crippen molar-refractivity contribution >= 4 is 19.3 Å². The second kappa shape index (κ2) is 7.34. The maximum atomic E-state index is 9.86. The Labute approximate surface area is 84.2 Å². The molecule has 3 heteroatoms. The van der Waals surface area contributed by atoms with Gasteiger partial charge >= 0.3 is 83.9 Å². The van der Waals surface area contributed by atoms with Crippen molar-refractivity contribution in [3.63, 3.8) is 0 Å². The molecule has 0 aliphatic carbocycles. The maximum absolute atomic E-state index is 9.86. The van der Waals surface area contributed by atoms with E-state index in [4.69, 9.17) is 0 Å². The molecular formula is C10H21GeNO. The van der Waals surface area contributed by atoms with E-state index in [0.717, 1.165) is 6.42 Å². The zero-order chi connectivity index (χ0) is 10.2. The van der Waals surface area contributed by atoms with Crippen molar-refractivity contribution < 1.29 is 4.79 Å². The first kappa shape index (κ1) is 12.9. The third-order valence-corrected chi connectivity index (χ3v) is 15.7. The molecule has 0 aromatic rings. The minimum atomic E-state index is -1.46. The Bertz CT molecular complexity index is 163. The number of rotatable bonds is 7. The van der Waals surface area contributed by atoms with Crippen molar-refractivity contribution in [3.05, 3.63) is 0 Å². The standard InChI is InChI=1S/C10H21GeNO/c1-4-11(5-2,6-3)8-7-9-12-10-13/h4-9H2,1-3H3. The molecule has 0 aromatic heterocycles. The predicted molar refractivity (Wildman–Crippen MR) is 59.6 cm³/mol.